The number of rotatable bonds is 2. The van der Waals surface area contributed by atoms with Gasteiger partial charge in [-0.15, -0.1) is 0 Å². The van der Waals surface area contributed by atoms with Crippen molar-refractivity contribution >= 4 is 16.6 Å². The van der Waals surface area contributed by atoms with Gasteiger partial charge >= 0.3 is 0 Å². The van der Waals surface area contributed by atoms with E-state index in [1.54, 1.807) is 24.7 Å². The van der Waals surface area contributed by atoms with Crippen LogP contribution in [0.2, 0.25) is 0 Å². The predicted molar refractivity (Wildman–Crippen MR) is 60.5 cm³/mol. The van der Waals surface area contributed by atoms with Gasteiger partial charge in [-0.25, -0.2) is 0 Å². The van der Waals surface area contributed by atoms with Gasteiger partial charge in [0.1, 0.15) is 5.69 Å². The van der Waals surface area contributed by atoms with Crippen LogP contribution < -0.4 is 0 Å². The average molecular weight is 229 g/mol. The molecule has 0 saturated heterocycles. The molecule has 0 radical (unpaired) electrons. The van der Waals surface area contributed by atoms with Crippen molar-refractivity contribution in [2.75, 3.05) is 0 Å². The van der Waals surface area contributed by atoms with E-state index >= 15 is 0 Å². The lowest BCUT2D eigenvalue weighted by Gasteiger charge is -1.93. The summed E-state index contributed by atoms with van der Waals surface area (Å²) >= 11 is 0. The quantitative estimate of drug-likeness (QED) is 0.540. The molecule has 3 rings (SSSR count). The molecule has 0 aliphatic rings. The molecule has 6 nitrogen and oxygen atoms in total. The number of fused-ring (bicyclic) bond motifs is 1. The van der Waals surface area contributed by atoms with Crippen LogP contribution in [0.1, 0.15) is 0 Å². The minimum absolute atomic E-state index is 0.0416. The van der Waals surface area contributed by atoms with Crippen LogP contribution in [0.5, 0.6) is 0 Å². The van der Waals surface area contributed by atoms with Crippen LogP contribution in [0, 0.1) is 10.1 Å². The van der Waals surface area contributed by atoms with Crippen molar-refractivity contribution in [2.24, 2.45) is 0 Å². The van der Waals surface area contributed by atoms with Gasteiger partial charge in [0.05, 0.1) is 23.0 Å². The van der Waals surface area contributed by atoms with Crippen LogP contribution in [-0.4, -0.2) is 15.1 Å². The zero-order chi connectivity index (χ0) is 11.8. The third-order valence-corrected chi connectivity index (χ3v) is 2.55. The third kappa shape index (κ3) is 1.46. The first-order chi connectivity index (χ1) is 8.25. The summed E-state index contributed by atoms with van der Waals surface area (Å²) in [6.45, 7) is 0. The van der Waals surface area contributed by atoms with Crippen LogP contribution >= 0.6 is 0 Å². The number of non-ortho nitro benzene ring substituents is 1. The van der Waals surface area contributed by atoms with E-state index in [9.17, 15) is 10.1 Å². The summed E-state index contributed by atoms with van der Waals surface area (Å²) in [6, 6.07) is 6.39. The van der Waals surface area contributed by atoms with Gasteiger partial charge in [0.2, 0.25) is 0 Å². The average Bonchev–Trinajstić information content (AvgIpc) is 2.96. The highest BCUT2D eigenvalue weighted by atomic mass is 16.6. The maximum atomic E-state index is 10.6. The molecule has 0 atom stereocenters. The van der Waals surface area contributed by atoms with Gasteiger partial charge in [0.25, 0.3) is 5.69 Å². The number of benzene rings is 1. The Labute approximate surface area is 95.0 Å². The Bertz CT molecular complexity index is 685. The second-order valence-electron chi connectivity index (χ2n) is 3.57. The number of hydrogen-bond donors (Lipinski definition) is 1. The first kappa shape index (κ1) is 9.59. The molecule has 0 fully saturated rings. The van der Waals surface area contributed by atoms with Gasteiger partial charge < -0.3 is 4.42 Å². The summed E-state index contributed by atoms with van der Waals surface area (Å²) in [5.41, 5.74) is 2.24. The highest BCUT2D eigenvalue weighted by Gasteiger charge is 2.12. The Kier molecular flexibility index (Phi) is 1.94. The van der Waals surface area contributed by atoms with Crippen LogP contribution in [0.15, 0.2) is 41.2 Å². The number of H-pyrrole nitrogens is 1. The van der Waals surface area contributed by atoms with Gasteiger partial charge in [0.15, 0.2) is 0 Å². The highest BCUT2D eigenvalue weighted by molar-refractivity contribution is 5.93. The molecule has 2 heterocycles. The van der Waals surface area contributed by atoms with Crippen molar-refractivity contribution in [1.82, 2.24) is 10.2 Å². The van der Waals surface area contributed by atoms with Crippen molar-refractivity contribution in [1.29, 1.82) is 0 Å². The lowest BCUT2D eigenvalue weighted by atomic mass is 10.1. The number of nitro groups is 1. The summed E-state index contributed by atoms with van der Waals surface area (Å²) in [5.74, 6) is 0. The fourth-order valence-corrected chi connectivity index (χ4v) is 1.74. The topological polar surface area (TPSA) is 85.0 Å². The van der Waals surface area contributed by atoms with Crippen molar-refractivity contribution in [2.45, 2.75) is 0 Å². The smallest absolute Gasteiger partial charge is 0.271 e. The van der Waals surface area contributed by atoms with E-state index < -0.39 is 4.92 Å². The Morgan fingerprint density at radius 1 is 1.35 bits per heavy atom. The van der Waals surface area contributed by atoms with E-state index in [-0.39, 0.29) is 5.69 Å². The molecule has 1 N–H and O–H groups in total. The molecule has 0 aliphatic heterocycles. The lowest BCUT2D eigenvalue weighted by molar-refractivity contribution is -0.384. The number of furan rings is 1. The summed E-state index contributed by atoms with van der Waals surface area (Å²) in [5, 5.41) is 18.4. The Hall–Kier alpha value is -2.63. The molecule has 84 valence electrons. The molecule has 0 bridgehead atoms. The zero-order valence-corrected chi connectivity index (χ0v) is 8.58. The molecule has 6 heteroatoms. The van der Waals surface area contributed by atoms with E-state index in [1.165, 1.54) is 12.1 Å². The lowest BCUT2D eigenvalue weighted by Crippen LogP contribution is -1.86. The fourth-order valence-electron chi connectivity index (χ4n) is 1.74. The van der Waals surface area contributed by atoms with Crippen LogP contribution in [0.25, 0.3) is 22.2 Å². The minimum Gasteiger partial charge on any atom is -0.472 e. The molecule has 0 amide bonds. The third-order valence-electron chi connectivity index (χ3n) is 2.55. The number of aromatic amines is 1. The monoisotopic (exact) mass is 229 g/mol. The Morgan fingerprint density at radius 2 is 2.24 bits per heavy atom. The van der Waals surface area contributed by atoms with Crippen molar-refractivity contribution in [3.8, 4) is 11.3 Å². The summed E-state index contributed by atoms with van der Waals surface area (Å²) < 4.78 is 4.99. The summed E-state index contributed by atoms with van der Waals surface area (Å²) in [4.78, 5) is 10.2. The largest absolute Gasteiger partial charge is 0.472 e. The summed E-state index contributed by atoms with van der Waals surface area (Å²) in [7, 11) is 0. The molecule has 3 aromatic rings. The Morgan fingerprint density at radius 3 is 2.94 bits per heavy atom. The second-order valence-corrected chi connectivity index (χ2v) is 3.57. The Balaban J connectivity index is 2.21. The maximum Gasteiger partial charge on any atom is 0.271 e. The fraction of sp³-hybridized carbons (Fsp3) is 0. The van der Waals surface area contributed by atoms with Crippen molar-refractivity contribution < 1.29 is 9.34 Å². The molecular weight excluding hydrogens is 222 g/mol. The minimum atomic E-state index is -0.433. The number of nitrogens with zero attached hydrogens (tertiary/aromatic N) is 2. The first-order valence-corrected chi connectivity index (χ1v) is 4.91. The molecule has 0 unspecified atom stereocenters. The molecular formula is C11H7N3O3. The summed E-state index contributed by atoms with van der Waals surface area (Å²) in [6.07, 6.45) is 3.14. The number of aromatic nitrogens is 2. The van der Waals surface area contributed by atoms with E-state index in [4.69, 9.17) is 4.42 Å². The van der Waals surface area contributed by atoms with Gasteiger partial charge in [-0.1, -0.05) is 0 Å². The molecule has 0 spiro atoms. The molecule has 17 heavy (non-hydrogen) atoms. The van der Waals surface area contributed by atoms with Crippen molar-refractivity contribution in [3.05, 3.63) is 46.9 Å². The zero-order valence-electron chi connectivity index (χ0n) is 8.58. The molecule has 0 aliphatic carbocycles. The maximum absolute atomic E-state index is 10.6. The van der Waals surface area contributed by atoms with Gasteiger partial charge in [-0.2, -0.15) is 5.10 Å². The van der Waals surface area contributed by atoms with Crippen molar-refractivity contribution in [3.63, 3.8) is 0 Å². The van der Waals surface area contributed by atoms with Gasteiger partial charge in [-0.3, -0.25) is 15.2 Å². The normalized spacial score (nSPS) is 10.8. The second kappa shape index (κ2) is 3.44. The van der Waals surface area contributed by atoms with Gasteiger partial charge in [0, 0.05) is 23.1 Å². The standard InChI is InChI=1S/C11H7N3O3/c15-14(16)8-1-2-9-10(5-8)12-13-11(9)7-3-4-17-6-7/h1-6H,(H,12,13). The van der Waals surface area contributed by atoms with E-state index in [0.29, 0.717) is 5.52 Å². The van der Waals surface area contributed by atoms with E-state index in [2.05, 4.69) is 10.2 Å². The number of nitro benzene ring substituents is 1. The first-order valence-electron chi connectivity index (χ1n) is 4.91. The SMILES string of the molecule is O=[N+]([O-])c1ccc2c(-c3ccoc3)n[nH]c2c1. The molecule has 2 aromatic heterocycles. The highest BCUT2D eigenvalue weighted by Crippen LogP contribution is 2.28. The number of hydrogen-bond acceptors (Lipinski definition) is 4. The number of nitrogens with one attached hydrogen (secondary N) is 1. The predicted octanol–water partition coefficient (Wildman–Crippen LogP) is 2.73. The van der Waals surface area contributed by atoms with E-state index in [1.807, 2.05) is 0 Å². The van der Waals surface area contributed by atoms with Crippen LogP contribution in [0.3, 0.4) is 0 Å². The van der Waals surface area contributed by atoms with E-state index in [0.717, 1.165) is 16.6 Å². The van der Waals surface area contributed by atoms with Crippen LogP contribution in [-0.2, 0) is 0 Å². The molecule has 1 aromatic carbocycles. The molecule has 0 saturated carbocycles. The van der Waals surface area contributed by atoms with Gasteiger partial charge in [-0.05, 0) is 12.1 Å². The van der Waals surface area contributed by atoms with Crippen LogP contribution in [0.4, 0.5) is 5.69 Å².